The van der Waals surface area contributed by atoms with Crippen molar-refractivity contribution in [2.75, 3.05) is 0 Å². The van der Waals surface area contributed by atoms with Gasteiger partial charge in [0.1, 0.15) is 0 Å². The smallest absolute Gasteiger partial charge is 0.0128 e. The zero-order chi connectivity index (χ0) is 14.5. The van der Waals surface area contributed by atoms with E-state index in [0.29, 0.717) is 0 Å². The van der Waals surface area contributed by atoms with E-state index in [1.54, 1.807) is 19.3 Å². The lowest BCUT2D eigenvalue weighted by Gasteiger charge is -2.51. The van der Waals surface area contributed by atoms with Crippen LogP contribution in [0.4, 0.5) is 0 Å². The Morgan fingerprint density at radius 1 is 0.727 bits per heavy atom. The molecule has 0 spiro atoms. The molecule has 0 nitrogen and oxygen atoms in total. The van der Waals surface area contributed by atoms with Crippen LogP contribution >= 0.6 is 0 Å². The first-order valence-corrected chi connectivity index (χ1v) is 10.3. The van der Waals surface area contributed by atoms with Crippen molar-refractivity contribution in [3.05, 3.63) is 23.3 Å². The number of rotatable bonds is 0. The lowest BCUT2D eigenvalue weighted by molar-refractivity contribution is 0.0506. The van der Waals surface area contributed by atoms with Crippen LogP contribution in [-0.2, 0) is 0 Å². The van der Waals surface area contributed by atoms with E-state index in [2.05, 4.69) is 12.2 Å². The van der Waals surface area contributed by atoms with Crippen LogP contribution in [0, 0.1) is 35.5 Å². The molecule has 0 aromatic heterocycles. The van der Waals surface area contributed by atoms with Crippen LogP contribution in [0.1, 0.15) is 77.0 Å². The van der Waals surface area contributed by atoms with Gasteiger partial charge in [-0.15, -0.1) is 0 Å². The van der Waals surface area contributed by atoms with Crippen LogP contribution in [0.3, 0.4) is 0 Å². The van der Waals surface area contributed by atoms with Crippen molar-refractivity contribution in [2.24, 2.45) is 35.5 Å². The van der Waals surface area contributed by atoms with Crippen molar-refractivity contribution in [1.82, 2.24) is 0 Å². The summed E-state index contributed by atoms with van der Waals surface area (Å²) in [5, 5.41) is 0. The molecule has 0 radical (unpaired) electrons. The minimum absolute atomic E-state index is 0.952. The first-order valence-electron chi connectivity index (χ1n) is 10.3. The molecular weight excluding hydrogens is 264 g/mol. The van der Waals surface area contributed by atoms with Gasteiger partial charge < -0.3 is 0 Å². The summed E-state index contributed by atoms with van der Waals surface area (Å²) in [7, 11) is 0. The van der Waals surface area contributed by atoms with Crippen LogP contribution in [0.2, 0.25) is 0 Å². The Kier molecular flexibility index (Phi) is 3.49. The van der Waals surface area contributed by atoms with Crippen LogP contribution in [0.25, 0.3) is 0 Å². The Morgan fingerprint density at radius 2 is 1.64 bits per heavy atom. The number of hydrogen-bond donors (Lipinski definition) is 0. The van der Waals surface area contributed by atoms with Crippen LogP contribution in [0.5, 0.6) is 0 Å². The molecule has 6 unspecified atom stereocenters. The minimum Gasteiger partial charge on any atom is -0.0806 e. The highest BCUT2D eigenvalue weighted by Gasteiger charge is 2.46. The molecule has 0 N–H and O–H groups in total. The second kappa shape index (κ2) is 5.53. The molecule has 0 amide bonds. The van der Waals surface area contributed by atoms with Gasteiger partial charge in [0, 0.05) is 0 Å². The van der Waals surface area contributed by atoms with E-state index in [4.69, 9.17) is 0 Å². The van der Waals surface area contributed by atoms with Crippen molar-refractivity contribution in [3.63, 3.8) is 0 Å². The molecular formula is C22H32. The fourth-order valence-corrected chi connectivity index (χ4v) is 7.22. The summed E-state index contributed by atoms with van der Waals surface area (Å²) in [5.74, 6) is 6.05. The third-order valence-electron chi connectivity index (χ3n) is 8.18. The Labute approximate surface area is 136 Å². The molecule has 5 aliphatic rings. The van der Waals surface area contributed by atoms with Crippen molar-refractivity contribution in [2.45, 2.75) is 77.0 Å². The van der Waals surface area contributed by atoms with E-state index in [-0.39, 0.29) is 0 Å². The van der Waals surface area contributed by atoms with Gasteiger partial charge in [0.15, 0.2) is 0 Å². The molecule has 0 bridgehead atoms. The third kappa shape index (κ3) is 2.09. The maximum absolute atomic E-state index is 2.71. The summed E-state index contributed by atoms with van der Waals surface area (Å²) in [6, 6.07) is 0. The van der Waals surface area contributed by atoms with Crippen molar-refractivity contribution in [1.29, 1.82) is 0 Å². The predicted molar refractivity (Wildman–Crippen MR) is 92.5 cm³/mol. The maximum atomic E-state index is 2.71. The SMILES string of the molecule is C1=CC2C3CCCCC3CCC2C2CCC3CCCCC3=C12. The van der Waals surface area contributed by atoms with Crippen molar-refractivity contribution < 1.29 is 0 Å². The van der Waals surface area contributed by atoms with E-state index >= 15 is 0 Å². The van der Waals surface area contributed by atoms with E-state index in [0.717, 1.165) is 35.5 Å². The third-order valence-corrected chi connectivity index (χ3v) is 8.18. The first-order chi connectivity index (χ1) is 10.9. The Balaban J connectivity index is 1.49. The molecule has 0 saturated heterocycles. The monoisotopic (exact) mass is 296 g/mol. The van der Waals surface area contributed by atoms with E-state index in [9.17, 15) is 0 Å². The van der Waals surface area contributed by atoms with Gasteiger partial charge in [-0.05, 0) is 92.4 Å². The Morgan fingerprint density at radius 3 is 2.64 bits per heavy atom. The summed E-state index contributed by atoms with van der Waals surface area (Å²) in [4.78, 5) is 0. The van der Waals surface area contributed by atoms with Crippen molar-refractivity contribution in [3.8, 4) is 0 Å². The number of hydrogen-bond acceptors (Lipinski definition) is 0. The second-order valence-electron chi connectivity index (χ2n) is 8.99. The summed E-state index contributed by atoms with van der Waals surface area (Å²) in [6.07, 6.45) is 23.5. The molecule has 5 rings (SSSR count). The van der Waals surface area contributed by atoms with Crippen LogP contribution < -0.4 is 0 Å². The zero-order valence-corrected chi connectivity index (χ0v) is 14.1. The van der Waals surface area contributed by atoms with Gasteiger partial charge in [0.25, 0.3) is 0 Å². The van der Waals surface area contributed by atoms with E-state index in [1.807, 2.05) is 11.1 Å². The van der Waals surface area contributed by atoms with Gasteiger partial charge in [-0.1, -0.05) is 43.4 Å². The summed E-state index contributed by atoms with van der Waals surface area (Å²) >= 11 is 0. The van der Waals surface area contributed by atoms with Gasteiger partial charge in [0.05, 0.1) is 0 Å². The van der Waals surface area contributed by atoms with E-state index < -0.39 is 0 Å². The van der Waals surface area contributed by atoms with E-state index in [1.165, 1.54) is 57.8 Å². The molecule has 3 saturated carbocycles. The molecule has 22 heavy (non-hydrogen) atoms. The molecule has 5 aliphatic carbocycles. The lowest BCUT2D eigenvalue weighted by Crippen LogP contribution is -2.42. The number of fused-ring (bicyclic) bond motifs is 6. The van der Waals surface area contributed by atoms with Gasteiger partial charge in [-0.25, -0.2) is 0 Å². The normalized spacial score (nSPS) is 47.3. The maximum Gasteiger partial charge on any atom is -0.0128 e. The highest BCUT2D eigenvalue weighted by atomic mass is 14.5. The molecule has 0 aliphatic heterocycles. The summed E-state index contributed by atoms with van der Waals surface area (Å²) in [6.45, 7) is 0. The predicted octanol–water partition coefficient (Wildman–Crippen LogP) is 6.29. The molecule has 0 aromatic carbocycles. The standard InChI is InChI=1S/C22H32/c1-3-7-17-15(5-1)9-11-21-19(17)13-14-20-18-8-4-2-6-16(18)10-12-22(20)21/h13-17,19,21-22H,1-12H2. The van der Waals surface area contributed by atoms with Gasteiger partial charge in [0.2, 0.25) is 0 Å². The molecule has 3 fully saturated rings. The molecule has 6 atom stereocenters. The van der Waals surface area contributed by atoms with Crippen molar-refractivity contribution >= 4 is 0 Å². The van der Waals surface area contributed by atoms with Gasteiger partial charge >= 0.3 is 0 Å². The second-order valence-corrected chi connectivity index (χ2v) is 8.99. The average molecular weight is 296 g/mol. The van der Waals surface area contributed by atoms with Gasteiger partial charge in [-0.3, -0.25) is 0 Å². The van der Waals surface area contributed by atoms with Crippen LogP contribution in [0.15, 0.2) is 23.3 Å². The molecule has 0 heteroatoms. The lowest BCUT2D eigenvalue weighted by atomic mass is 9.54. The summed E-state index contributed by atoms with van der Waals surface area (Å²) < 4.78 is 0. The highest BCUT2D eigenvalue weighted by Crippen LogP contribution is 2.56. The minimum atomic E-state index is 0.952. The first kappa shape index (κ1) is 13.9. The Hall–Kier alpha value is -0.520. The van der Waals surface area contributed by atoms with Crippen LogP contribution in [-0.4, -0.2) is 0 Å². The largest absolute Gasteiger partial charge is 0.0806 e. The fourth-order valence-electron chi connectivity index (χ4n) is 7.22. The Bertz CT molecular complexity index is 496. The molecule has 120 valence electrons. The quantitative estimate of drug-likeness (QED) is 0.493. The highest BCUT2D eigenvalue weighted by molar-refractivity contribution is 5.37. The fraction of sp³-hybridized carbons (Fsp3) is 0.818. The average Bonchev–Trinajstić information content (AvgIpc) is 2.60. The molecule has 0 heterocycles. The molecule has 0 aromatic rings. The topological polar surface area (TPSA) is 0 Å². The number of allylic oxidation sites excluding steroid dienone is 4. The van der Waals surface area contributed by atoms with Gasteiger partial charge in [-0.2, -0.15) is 0 Å². The zero-order valence-electron chi connectivity index (χ0n) is 14.1. The summed E-state index contributed by atoms with van der Waals surface area (Å²) in [5.41, 5.74) is 3.77.